The largest absolute Gasteiger partial charge is 0.464 e. The summed E-state index contributed by atoms with van der Waals surface area (Å²) in [6, 6.07) is 1.76. The lowest BCUT2D eigenvalue weighted by atomic mass is 10.1. The molecule has 0 saturated carbocycles. The number of carbonyl (C=O) groups excluding carboxylic acids is 1. The van der Waals surface area contributed by atoms with E-state index in [0.717, 1.165) is 38.2 Å². The lowest BCUT2D eigenvalue weighted by molar-refractivity contribution is 0.0369. The number of hydrazine groups is 1. The number of ether oxygens (including phenoxy) is 1. The van der Waals surface area contributed by atoms with E-state index in [0.29, 0.717) is 17.4 Å². The van der Waals surface area contributed by atoms with Crippen LogP contribution >= 0.6 is 0 Å². The van der Waals surface area contributed by atoms with Gasteiger partial charge in [0.1, 0.15) is 11.5 Å². The highest BCUT2D eigenvalue weighted by Crippen LogP contribution is 2.19. The van der Waals surface area contributed by atoms with Crippen molar-refractivity contribution in [3.05, 3.63) is 23.2 Å². The van der Waals surface area contributed by atoms with Gasteiger partial charge in [0, 0.05) is 20.2 Å². The van der Waals surface area contributed by atoms with Crippen molar-refractivity contribution in [2.45, 2.75) is 32.4 Å². The topological polar surface area (TPSA) is 80.7 Å². The van der Waals surface area contributed by atoms with Gasteiger partial charge in [-0.25, -0.2) is 5.84 Å². The third-order valence-corrected chi connectivity index (χ3v) is 3.59. The van der Waals surface area contributed by atoms with Crippen LogP contribution in [0.3, 0.4) is 0 Å². The molecule has 106 valence electrons. The van der Waals surface area contributed by atoms with Crippen LogP contribution in [0.4, 0.5) is 0 Å². The Labute approximate surface area is 112 Å². The molecule has 1 amide bonds. The minimum Gasteiger partial charge on any atom is -0.464 e. The number of furan rings is 1. The summed E-state index contributed by atoms with van der Waals surface area (Å²) < 4.78 is 10.9. The Morgan fingerprint density at radius 1 is 1.58 bits per heavy atom. The van der Waals surface area contributed by atoms with E-state index in [1.807, 2.05) is 0 Å². The summed E-state index contributed by atoms with van der Waals surface area (Å²) in [5.74, 6) is 6.22. The van der Waals surface area contributed by atoms with Crippen molar-refractivity contribution < 1.29 is 13.9 Å². The van der Waals surface area contributed by atoms with Gasteiger partial charge in [-0.2, -0.15) is 0 Å². The first-order valence-electron chi connectivity index (χ1n) is 6.49. The van der Waals surface area contributed by atoms with E-state index in [9.17, 15) is 4.79 Å². The van der Waals surface area contributed by atoms with E-state index in [4.69, 9.17) is 15.0 Å². The fourth-order valence-electron chi connectivity index (χ4n) is 2.45. The van der Waals surface area contributed by atoms with E-state index in [-0.39, 0.29) is 5.91 Å². The highest BCUT2D eigenvalue weighted by Gasteiger charge is 2.21. The van der Waals surface area contributed by atoms with Crippen LogP contribution in [-0.2, 0) is 11.3 Å². The van der Waals surface area contributed by atoms with Crippen molar-refractivity contribution in [2.24, 2.45) is 5.84 Å². The Bertz CT molecular complexity index is 436. The van der Waals surface area contributed by atoms with Gasteiger partial charge in [-0.15, -0.1) is 0 Å². The number of hydrogen-bond acceptors (Lipinski definition) is 5. The van der Waals surface area contributed by atoms with Gasteiger partial charge in [0.05, 0.1) is 18.2 Å². The first-order valence-corrected chi connectivity index (χ1v) is 6.49. The molecule has 0 bridgehead atoms. The molecule has 0 unspecified atom stereocenters. The first-order chi connectivity index (χ1) is 9.13. The van der Waals surface area contributed by atoms with E-state index in [2.05, 4.69) is 10.3 Å². The van der Waals surface area contributed by atoms with Crippen LogP contribution in [0.1, 0.15) is 34.7 Å². The van der Waals surface area contributed by atoms with E-state index < -0.39 is 0 Å². The number of nitrogens with two attached hydrogens (primary N) is 1. The number of methoxy groups -OCH3 is 1. The molecule has 1 aromatic heterocycles. The quantitative estimate of drug-likeness (QED) is 0.479. The summed E-state index contributed by atoms with van der Waals surface area (Å²) in [7, 11) is 1.76. The van der Waals surface area contributed by atoms with E-state index >= 15 is 0 Å². The van der Waals surface area contributed by atoms with Crippen LogP contribution in [0, 0.1) is 6.92 Å². The summed E-state index contributed by atoms with van der Waals surface area (Å²) in [6.07, 6.45) is 2.44. The van der Waals surface area contributed by atoms with Crippen LogP contribution in [0.15, 0.2) is 10.5 Å². The summed E-state index contributed by atoms with van der Waals surface area (Å²) >= 11 is 0. The lowest BCUT2D eigenvalue weighted by Crippen LogP contribution is -2.36. The summed E-state index contributed by atoms with van der Waals surface area (Å²) in [5, 5.41) is 0. The monoisotopic (exact) mass is 267 g/mol. The maximum absolute atomic E-state index is 11.5. The molecule has 1 saturated heterocycles. The molecule has 0 radical (unpaired) electrons. The van der Waals surface area contributed by atoms with Crippen molar-refractivity contribution in [1.82, 2.24) is 10.3 Å². The number of nitrogens with zero attached hydrogens (tertiary/aromatic N) is 1. The average Bonchev–Trinajstić information content (AvgIpc) is 2.79. The minimum absolute atomic E-state index is 0.314. The van der Waals surface area contributed by atoms with Crippen LogP contribution in [0.25, 0.3) is 0 Å². The molecule has 0 aromatic carbocycles. The second-order valence-electron chi connectivity index (χ2n) is 4.87. The summed E-state index contributed by atoms with van der Waals surface area (Å²) in [6.45, 7) is 4.45. The molecule has 0 spiro atoms. The maximum Gasteiger partial charge on any atom is 0.268 e. The molecule has 1 aliphatic heterocycles. The fraction of sp³-hybridized carbons (Fsp3) is 0.615. The molecule has 0 aliphatic carbocycles. The molecular weight excluding hydrogens is 246 g/mol. The number of rotatable bonds is 4. The fourth-order valence-corrected chi connectivity index (χ4v) is 2.45. The van der Waals surface area contributed by atoms with Crippen LogP contribution in [-0.4, -0.2) is 37.1 Å². The van der Waals surface area contributed by atoms with Gasteiger partial charge in [-0.1, -0.05) is 0 Å². The Hall–Kier alpha value is -1.37. The third-order valence-electron chi connectivity index (χ3n) is 3.59. The smallest absolute Gasteiger partial charge is 0.268 e. The molecule has 19 heavy (non-hydrogen) atoms. The Balaban J connectivity index is 1.95. The SMILES string of the molecule is COC1CCN(Cc2cc(C(=O)NN)c(C)o2)CC1. The van der Waals surface area contributed by atoms with Crippen LogP contribution in [0.2, 0.25) is 0 Å². The van der Waals surface area contributed by atoms with Crippen molar-refractivity contribution >= 4 is 5.91 Å². The van der Waals surface area contributed by atoms with Crippen LogP contribution in [0.5, 0.6) is 0 Å². The second-order valence-corrected chi connectivity index (χ2v) is 4.87. The van der Waals surface area contributed by atoms with Crippen molar-refractivity contribution in [3.8, 4) is 0 Å². The number of nitrogen functional groups attached to an aromatic ring is 1. The number of aryl methyl sites for hydroxylation is 1. The molecular formula is C13H21N3O3. The molecule has 0 atom stereocenters. The van der Waals surface area contributed by atoms with Crippen molar-refractivity contribution in [1.29, 1.82) is 0 Å². The van der Waals surface area contributed by atoms with Gasteiger partial charge in [-0.05, 0) is 25.8 Å². The zero-order valence-electron chi connectivity index (χ0n) is 11.4. The molecule has 1 fully saturated rings. The second kappa shape index (κ2) is 6.18. The maximum atomic E-state index is 11.5. The van der Waals surface area contributed by atoms with Gasteiger partial charge < -0.3 is 9.15 Å². The standard InChI is InChI=1S/C13H21N3O3/c1-9-12(13(17)15-14)7-11(19-9)8-16-5-3-10(18-2)4-6-16/h7,10H,3-6,8,14H2,1-2H3,(H,15,17). The zero-order valence-corrected chi connectivity index (χ0v) is 11.4. The van der Waals surface area contributed by atoms with Gasteiger partial charge in [0.15, 0.2) is 0 Å². The Morgan fingerprint density at radius 2 is 2.26 bits per heavy atom. The number of hydrogen-bond donors (Lipinski definition) is 2. The predicted molar refractivity (Wildman–Crippen MR) is 70.4 cm³/mol. The predicted octanol–water partition coefficient (Wildman–Crippen LogP) is 0.802. The van der Waals surface area contributed by atoms with Crippen LogP contribution < -0.4 is 11.3 Å². The van der Waals surface area contributed by atoms with Gasteiger partial charge >= 0.3 is 0 Å². The van der Waals surface area contributed by atoms with Crippen molar-refractivity contribution in [2.75, 3.05) is 20.2 Å². The number of piperidine rings is 1. The first kappa shape index (κ1) is 14.0. The van der Waals surface area contributed by atoms with Gasteiger partial charge in [-0.3, -0.25) is 15.1 Å². The molecule has 2 heterocycles. The average molecular weight is 267 g/mol. The Kier molecular flexibility index (Phi) is 4.57. The summed E-state index contributed by atoms with van der Waals surface area (Å²) in [5.41, 5.74) is 2.63. The zero-order chi connectivity index (χ0) is 13.8. The lowest BCUT2D eigenvalue weighted by Gasteiger charge is -2.30. The number of likely N-dealkylation sites (tertiary alicyclic amines) is 1. The van der Waals surface area contributed by atoms with Crippen molar-refractivity contribution in [3.63, 3.8) is 0 Å². The molecule has 1 aromatic rings. The highest BCUT2D eigenvalue weighted by molar-refractivity contribution is 5.94. The number of carbonyl (C=O) groups is 1. The highest BCUT2D eigenvalue weighted by atomic mass is 16.5. The Morgan fingerprint density at radius 3 is 2.84 bits per heavy atom. The van der Waals surface area contributed by atoms with Gasteiger partial charge in [0.25, 0.3) is 5.91 Å². The summed E-state index contributed by atoms with van der Waals surface area (Å²) in [4.78, 5) is 13.8. The molecule has 6 nitrogen and oxygen atoms in total. The minimum atomic E-state index is -0.314. The molecule has 3 N–H and O–H groups in total. The molecule has 1 aliphatic rings. The van der Waals surface area contributed by atoms with E-state index in [1.165, 1.54) is 0 Å². The molecule has 2 rings (SSSR count). The number of nitrogens with one attached hydrogen (secondary N) is 1. The normalized spacial score (nSPS) is 17.6. The van der Waals surface area contributed by atoms with E-state index in [1.54, 1.807) is 20.1 Å². The van der Waals surface area contributed by atoms with Gasteiger partial charge in [0.2, 0.25) is 0 Å². The third kappa shape index (κ3) is 3.34. The number of amides is 1. The molecule has 6 heteroatoms.